The molecule has 1 aromatic heterocycles. The number of rotatable bonds is 4. The molecule has 0 bridgehead atoms. The zero-order chi connectivity index (χ0) is 17.7. The predicted molar refractivity (Wildman–Crippen MR) is 88.7 cm³/mol. The Morgan fingerprint density at radius 2 is 1.83 bits per heavy atom. The first kappa shape index (κ1) is 17.7. The summed E-state index contributed by atoms with van der Waals surface area (Å²) in [4.78, 5) is 31.5. The maximum Gasteiger partial charge on any atom is 0.289 e. The van der Waals surface area contributed by atoms with Gasteiger partial charge in [-0.25, -0.2) is 4.98 Å². The monoisotopic (exact) mass is 348 g/mol. The van der Waals surface area contributed by atoms with Crippen LogP contribution in [0.3, 0.4) is 0 Å². The summed E-state index contributed by atoms with van der Waals surface area (Å²) >= 11 is 5.97. The van der Waals surface area contributed by atoms with E-state index in [0.29, 0.717) is 10.8 Å². The van der Waals surface area contributed by atoms with Gasteiger partial charge in [0.15, 0.2) is 6.10 Å². The molecule has 0 unspecified atom stereocenters. The minimum absolute atomic E-state index is 0.0933. The lowest BCUT2D eigenvalue weighted by molar-refractivity contribution is -0.128. The van der Waals surface area contributed by atoms with Gasteiger partial charge in [0.1, 0.15) is 11.4 Å². The van der Waals surface area contributed by atoms with Gasteiger partial charge < -0.3 is 4.74 Å². The molecule has 0 saturated heterocycles. The summed E-state index contributed by atoms with van der Waals surface area (Å²) in [6.07, 6.45) is 3.31. The molecule has 0 saturated carbocycles. The van der Waals surface area contributed by atoms with Gasteiger partial charge in [-0.3, -0.25) is 25.4 Å². The number of nitrogens with zero attached hydrogens (tertiary/aromatic N) is 2. The highest BCUT2D eigenvalue weighted by atomic mass is 35.5. The van der Waals surface area contributed by atoms with Crippen molar-refractivity contribution in [2.75, 3.05) is 0 Å². The fourth-order valence-electron chi connectivity index (χ4n) is 2.01. The van der Waals surface area contributed by atoms with Crippen molar-refractivity contribution >= 4 is 23.4 Å². The molecule has 2 aromatic rings. The zero-order valence-electron chi connectivity index (χ0n) is 13.5. The van der Waals surface area contributed by atoms with Gasteiger partial charge in [0.05, 0.1) is 6.20 Å². The van der Waals surface area contributed by atoms with Crippen molar-refractivity contribution in [2.24, 2.45) is 0 Å². The van der Waals surface area contributed by atoms with Crippen molar-refractivity contribution in [1.29, 1.82) is 0 Å². The highest BCUT2D eigenvalue weighted by Gasteiger charge is 2.18. The van der Waals surface area contributed by atoms with Crippen LogP contribution in [-0.4, -0.2) is 27.9 Å². The smallest absolute Gasteiger partial charge is 0.289 e. The maximum absolute atomic E-state index is 12.1. The molecule has 1 heterocycles. The van der Waals surface area contributed by atoms with Crippen LogP contribution in [0.15, 0.2) is 30.7 Å². The van der Waals surface area contributed by atoms with E-state index < -0.39 is 17.9 Å². The van der Waals surface area contributed by atoms with Crippen LogP contribution in [0.2, 0.25) is 5.02 Å². The van der Waals surface area contributed by atoms with Gasteiger partial charge in [-0.2, -0.15) is 0 Å². The molecule has 7 nitrogen and oxygen atoms in total. The molecule has 2 N–H and O–H groups in total. The molecule has 8 heteroatoms. The van der Waals surface area contributed by atoms with Crippen molar-refractivity contribution in [1.82, 2.24) is 20.8 Å². The molecule has 2 amide bonds. The summed E-state index contributed by atoms with van der Waals surface area (Å²) in [6, 6.07) is 3.51. The SMILES string of the molecule is Cc1cc(Cl)cc(C)c1O[C@@H](C)C(=O)NNC(=O)c1cnccn1. The van der Waals surface area contributed by atoms with Crippen molar-refractivity contribution in [2.45, 2.75) is 26.9 Å². The first-order valence-corrected chi connectivity index (χ1v) is 7.56. The Kier molecular flexibility index (Phi) is 5.70. The molecule has 0 aliphatic rings. The van der Waals surface area contributed by atoms with E-state index in [2.05, 4.69) is 20.8 Å². The summed E-state index contributed by atoms with van der Waals surface area (Å²) < 4.78 is 5.68. The molecule has 126 valence electrons. The summed E-state index contributed by atoms with van der Waals surface area (Å²) in [7, 11) is 0. The molecule has 1 atom stereocenters. The van der Waals surface area contributed by atoms with Gasteiger partial charge in [-0.05, 0) is 44.0 Å². The lowest BCUT2D eigenvalue weighted by Crippen LogP contribution is -2.47. The molecule has 1 aromatic carbocycles. The minimum Gasteiger partial charge on any atom is -0.480 e. The molecule has 0 aliphatic carbocycles. The number of benzene rings is 1. The number of aromatic nitrogens is 2. The Morgan fingerprint density at radius 3 is 2.42 bits per heavy atom. The molecule has 0 aliphatic heterocycles. The number of hydrogen-bond donors (Lipinski definition) is 2. The number of halogens is 1. The Balaban J connectivity index is 1.94. The number of aryl methyl sites for hydroxylation is 2. The van der Waals surface area contributed by atoms with Gasteiger partial charge in [0, 0.05) is 17.4 Å². The van der Waals surface area contributed by atoms with Crippen LogP contribution in [0.5, 0.6) is 5.75 Å². The normalized spacial score (nSPS) is 11.5. The van der Waals surface area contributed by atoms with E-state index >= 15 is 0 Å². The third-order valence-corrected chi connectivity index (χ3v) is 3.40. The van der Waals surface area contributed by atoms with E-state index in [9.17, 15) is 9.59 Å². The molecule has 2 rings (SSSR count). The largest absolute Gasteiger partial charge is 0.480 e. The lowest BCUT2D eigenvalue weighted by Gasteiger charge is -2.18. The summed E-state index contributed by atoms with van der Waals surface area (Å²) in [6.45, 7) is 5.26. The second-order valence-electron chi connectivity index (χ2n) is 5.16. The standard InChI is InChI=1S/C16H17ClN4O3/c1-9-6-12(17)7-10(2)14(9)24-11(3)15(22)20-21-16(23)13-8-18-4-5-19-13/h4-8,11H,1-3H3,(H,20,22)(H,21,23)/t11-/m0/s1. The van der Waals surface area contributed by atoms with Crippen LogP contribution < -0.4 is 15.6 Å². The second-order valence-corrected chi connectivity index (χ2v) is 5.60. The fraction of sp³-hybridized carbons (Fsp3) is 0.250. The predicted octanol–water partition coefficient (Wildman–Crippen LogP) is 1.98. The highest BCUT2D eigenvalue weighted by molar-refractivity contribution is 6.30. The highest BCUT2D eigenvalue weighted by Crippen LogP contribution is 2.27. The average molecular weight is 349 g/mol. The first-order valence-electron chi connectivity index (χ1n) is 7.18. The van der Waals surface area contributed by atoms with Crippen LogP contribution in [0.25, 0.3) is 0 Å². The average Bonchev–Trinajstić information content (AvgIpc) is 2.56. The second kappa shape index (κ2) is 7.74. The molecule has 0 spiro atoms. The Labute approximate surface area is 144 Å². The molecule has 0 fully saturated rings. The summed E-state index contributed by atoms with van der Waals surface area (Å²) in [5, 5.41) is 0.602. The van der Waals surface area contributed by atoms with Crippen LogP contribution in [-0.2, 0) is 4.79 Å². The van der Waals surface area contributed by atoms with Crippen molar-refractivity contribution < 1.29 is 14.3 Å². The topological polar surface area (TPSA) is 93.2 Å². The number of amides is 2. The zero-order valence-corrected chi connectivity index (χ0v) is 14.2. The maximum atomic E-state index is 12.1. The lowest BCUT2D eigenvalue weighted by atomic mass is 10.1. The van der Waals surface area contributed by atoms with E-state index in [1.54, 1.807) is 19.1 Å². The van der Waals surface area contributed by atoms with Gasteiger partial charge in [0.25, 0.3) is 11.8 Å². The van der Waals surface area contributed by atoms with Crippen LogP contribution in [0.1, 0.15) is 28.5 Å². The van der Waals surface area contributed by atoms with E-state index in [4.69, 9.17) is 16.3 Å². The molecular formula is C16H17ClN4O3. The molecule has 0 radical (unpaired) electrons. The van der Waals surface area contributed by atoms with E-state index in [0.717, 1.165) is 11.1 Å². The number of carbonyl (C=O) groups is 2. The Bertz CT molecular complexity index is 729. The molecular weight excluding hydrogens is 332 g/mol. The summed E-state index contributed by atoms with van der Waals surface area (Å²) in [5.41, 5.74) is 6.29. The van der Waals surface area contributed by atoms with Crippen LogP contribution in [0.4, 0.5) is 0 Å². The first-order chi connectivity index (χ1) is 11.4. The van der Waals surface area contributed by atoms with Crippen molar-refractivity contribution in [3.63, 3.8) is 0 Å². The molecule has 24 heavy (non-hydrogen) atoms. The van der Waals surface area contributed by atoms with Crippen LogP contribution in [0, 0.1) is 13.8 Å². The van der Waals surface area contributed by atoms with E-state index in [-0.39, 0.29) is 5.69 Å². The van der Waals surface area contributed by atoms with E-state index in [1.165, 1.54) is 18.6 Å². The Morgan fingerprint density at radius 1 is 1.17 bits per heavy atom. The quantitative estimate of drug-likeness (QED) is 0.824. The third kappa shape index (κ3) is 4.42. The van der Waals surface area contributed by atoms with Gasteiger partial charge >= 0.3 is 0 Å². The van der Waals surface area contributed by atoms with Crippen molar-refractivity contribution in [3.05, 3.63) is 52.6 Å². The van der Waals surface area contributed by atoms with Gasteiger partial charge in [0.2, 0.25) is 0 Å². The number of nitrogens with one attached hydrogen (secondary N) is 2. The van der Waals surface area contributed by atoms with Gasteiger partial charge in [-0.1, -0.05) is 11.6 Å². The third-order valence-electron chi connectivity index (χ3n) is 3.18. The number of hydrazine groups is 1. The van der Waals surface area contributed by atoms with Crippen LogP contribution >= 0.6 is 11.6 Å². The Hall–Kier alpha value is -2.67. The van der Waals surface area contributed by atoms with Gasteiger partial charge in [-0.15, -0.1) is 0 Å². The van der Waals surface area contributed by atoms with Crippen molar-refractivity contribution in [3.8, 4) is 5.75 Å². The van der Waals surface area contributed by atoms with E-state index in [1.807, 2.05) is 13.8 Å². The number of ether oxygens (including phenoxy) is 1. The number of carbonyl (C=O) groups excluding carboxylic acids is 2. The minimum atomic E-state index is -0.814. The fourth-order valence-corrected chi connectivity index (χ4v) is 2.34. The number of hydrogen-bond acceptors (Lipinski definition) is 5. The summed E-state index contributed by atoms with van der Waals surface area (Å²) in [5.74, 6) is -0.481.